The topological polar surface area (TPSA) is 55.8 Å². The molecule has 19 heavy (non-hydrogen) atoms. The Morgan fingerprint density at radius 1 is 1.53 bits per heavy atom. The first-order valence-electron chi connectivity index (χ1n) is 6.18. The third-order valence-electron chi connectivity index (χ3n) is 3.13. The van der Waals surface area contributed by atoms with Gasteiger partial charge in [-0.2, -0.15) is 0 Å². The molecule has 1 heterocycles. The summed E-state index contributed by atoms with van der Waals surface area (Å²) in [5.74, 6) is 0. The second-order valence-electron chi connectivity index (χ2n) is 4.88. The fraction of sp³-hybridized carbons (Fsp3) is 0.462. The van der Waals surface area contributed by atoms with Crippen LogP contribution in [0.4, 0.5) is 16.2 Å². The lowest BCUT2D eigenvalue weighted by atomic mass is 10.2. The molecule has 1 atom stereocenters. The predicted octanol–water partition coefficient (Wildman–Crippen LogP) is 2.00. The number of anilines is 2. The molecule has 0 radical (unpaired) electrons. The van der Waals surface area contributed by atoms with Crippen molar-refractivity contribution in [3.05, 3.63) is 23.2 Å². The van der Waals surface area contributed by atoms with Crippen molar-refractivity contribution in [1.29, 1.82) is 0 Å². The van der Waals surface area contributed by atoms with E-state index in [0.717, 1.165) is 5.69 Å². The summed E-state index contributed by atoms with van der Waals surface area (Å²) in [4.78, 5) is 15.4. The first-order chi connectivity index (χ1) is 8.97. The van der Waals surface area contributed by atoms with Gasteiger partial charge in [-0.25, -0.2) is 4.79 Å². The van der Waals surface area contributed by atoms with Crippen molar-refractivity contribution in [3.63, 3.8) is 0 Å². The Morgan fingerprint density at radius 3 is 2.79 bits per heavy atom. The number of nitrogens with one attached hydrogen (secondary N) is 1. The molecule has 0 saturated carbocycles. The smallest absolute Gasteiger partial charge is 0.321 e. The van der Waals surface area contributed by atoms with Gasteiger partial charge < -0.3 is 20.2 Å². The summed E-state index contributed by atoms with van der Waals surface area (Å²) < 4.78 is 0. The van der Waals surface area contributed by atoms with E-state index in [1.807, 2.05) is 31.1 Å². The van der Waals surface area contributed by atoms with Gasteiger partial charge in [0.15, 0.2) is 0 Å². The van der Waals surface area contributed by atoms with E-state index in [-0.39, 0.29) is 6.03 Å². The summed E-state index contributed by atoms with van der Waals surface area (Å²) in [6.07, 6.45) is 0.221. The van der Waals surface area contributed by atoms with Gasteiger partial charge in [0.05, 0.1) is 16.8 Å². The minimum Gasteiger partial charge on any atom is -0.391 e. The Morgan fingerprint density at radius 2 is 2.26 bits per heavy atom. The minimum absolute atomic E-state index is 0.204. The highest BCUT2D eigenvalue weighted by Gasteiger charge is 2.24. The maximum absolute atomic E-state index is 11.9. The summed E-state index contributed by atoms with van der Waals surface area (Å²) in [6, 6.07) is 5.19. The van der Waals surface area contributed by atoms with E-state index in [4.69, 9.17) is 11.6 Å². The number of β-amino-alcohol motifs (C(OH)–C–C–N with tert-alkyl or cyclic N) is 1. The Balaban J connectivity index is 2.03. The molecule has 2 amide bonds. The molecule has 2 rings (SSSR count). The zero-order valence-electron chi connectivity index (χ0n) is 11.1. The highest BCUT2D eigenvalue weighted by molar-refractivity contribution is 6.33. The van der Waals surface area contributed by atoms with Gasteiger partial charge in [-0.05, 0) is 24.6 Å². The molecular formula is C13H18ClN3O2. The van der Waals surface area contributed by atoms with Crippen LogP contribution in [0.1, 0.15) is 6.42 Å². The summed E-state index contributed by atoms with van der Waals surface area (Å²) in [7, 11) is 3.82. The van der Waals surface area contributed by atoms with Crippen LogP contribution in [-0.4, -0.2) is 49.3 Å². The molecule has 0 aliphatic carbocycles. The monoisotopic (exact) mass is 283 g/mol. The molecule has 0 unspecified atom stereocenters. The quantitative estimate of drug-likeness (QED) is 0.873. The molecule has 104 valence electrons. The molecule has 1 fully saturated rings. The molecular weight excluding hydrogens is 266 g/mol. The number of hydrogen-bond acceptors (Lipinski definition) is 3. The van der Waals surface area contributed by atoms with Crippen molar-refractivity contribution in [2.24, 2.45) is 0 Å². The van der Waals surface area contributed by atoms with Crippen LogP contribution in [0.3, 0.4) is 0 Å². The molecule has 0 spiro atoms. The third-order valence-corrected chi connectivity index (χ3v) is 3.43. The van der Waals surface area contributed by atoms with Gasteiger partial charge >= 0.3 is 6.03 Å². The first-order valence-corrected chi connectivity index (χ1v) is 6.56. The third kappa shape index (κ3) is 3.30. The lowest BCUT2D eigenvalue weighted by Gasteiger charge is -2.18. The van der Waals surface area contributed by atoms with E-state index in [2.05, 4.69) is 5.32 Å². The van der Waals surface area contributed by atoms with Gasteiger partial charge in [0.2, 0.25) is 0 Å². The average molecular weight is 284 g/mol. The molecule has 6 heteroatoms. The Hall–Kier alpha value is -1.46. The second-order valence-corrected chi connectivity index (χ2v) is 5.29. The molecule has 5 nitrogen and oxygen atoms in total. The van der Waals surface area contributed by atoms with Crippen LogP contribution in [0.5, 0.6) is 0 Å². The van der Waals surface area contributed by atoms with Crippen LogP contribution in [0.2, 0.25) is 5.02 Å². The standard InChI is InChI=1S/C13H18ClN3O2/c1-16(2)12-4-3-9(7-11(12)14)15-13(19)17-6-5-10(18)8-17/h3-4,7,10,18H,5-6,8H2,1-2H3,(H,15,19)/t10-/m0/s1. The number of benzene rings is 1. The number of halogens is 1. The molecule has 1 aliphatic rings. The van der Waals surface area contributed by atoms with Crippen LogP contribution in [0.15, 0.2) is 18.2 Å². The van der Waals surface area contributed by atoms with Crippen LogP contribution in [-0.2, 0) is 0 Å². The average Bonchev–Trinajstić information content (AvgIpc) is 2.75. The van der Waals surface area contributed by atoms with Gasteiger partial charge in [0, 0.05) is 32.9 Å². The predicted molar refractivity (Wildman–Crippen MR) is 77.0 cm³/mol. The van der Waals surface area contributed by atoms with Crippen molar-refractivity contribution < 1.29 is 9.90 Å². The zero-order valence-corrected chi connectivity index (χ0v) is 11.8. The molecule has 0 aromatic heterocycles. The van der Waals surface area contributed by atoms with Gasteiger partial charge in [-0.3, -0.25) is 0 Å². The zero-order chi connectivity index (χ0) is 14.0. The van der Waals surface area contributed by atoms with E-state index in [1.165, 1.54) is 0 Å². The summed E-state index contributed by atoms with van der Waals surface area (Å²) in [5.41, 5.74) is 1.55. The van der Waals surface area contributed by atoms with Gasteiger partial charge in [-0.15, -0.1) is 0 Å². The lowest BCUT2D eigenvalue weighted by Crippen LogP contribution is -2.33. The van der Waals surface area contributed by atoms with E-state index in [1.54, 1.807) is 11.0 Å². The molecule has 2 N–H and O–H groups in total. The van der Waals surface area contributed by atoms with Gasteiger partial charge in [0.1, 0.15) is 0 Å². The molecule has 1 aromatic carbocycles. The second kappa shape index (κ2) is 5.67. The molecule has 1 aromatic rings. The molecule has 0 bridgehead atoms. The van der Waals surface area contributed by atoms with Gasteiger partial charge in [0.25, 0.3) is 0 Å². The van der Waals surface area contributed by atoms with Crippen molar-refractivity contribution in [1.82, 2.24) is 4.90 Å². The van der Waals surface area contributed by atoms with Crippen molar-refractivity contribution in [2.45, 2.75) is 12.5 Å². The highest BCUT2D eigenvalue weighted by atomic mass is 35.5. The Kier molecular flexibility index (Phi) is 4.17. The fourth-order valence-corrected chi connectivity index (χ4v) is 2.43. The number of nitrogens with zero attached hydrogens (tertiary/aromatic N) is 2. The maximum atomic E-state index is 11.9. The number of carbonyl (C=O) groups is 1. The maximum Gasteiger partial charge on any atom is 0.321 e. The highest BCUT2D eigenvalue weighted by Crippen LogP contribution is 2.27. The number of carbonyl (C=O) groups excluding carboxylic acids is 1. The lowest BCUT2D eigenvalue weighted by molar-refractivity contribution is 0.176. The molecule has 1 aliphatic heterocycles. The Bertz CT molecular complexity index is 479. The van der Waals surface area contributed by atoms with Crippen molar-refractivity contribution in [3.8, 4) is 0 Å². The normalized spacial score (nSPS) is 18.5. The van der Waals surface area contributed by atoms with Crippen molar-refractivity contribution >= 4 is 29.0 Å². The number of urea groups is 1. The SMILES string of the molecule is CN(C)c1ccc(NC(=O)N2CC[C@H](O)C2)cc1Cl. The number of rotatable bonds is 2. The van der Waals surface area contributed by atoms with Crippen LogP contribution < -0.4 is 10.2 Å². The van der Waals surface area contributed by atoms with E-state index in [9.17, 15) is 9.90 Å². The summed E-state index contributed by atoms with van der Waals surface area (Å²) in [5, 5.41) is 12.8. The summed E-state index contributed by atoms with van der Waals surface area (Å²) >= 11 is 6.14. The van der Waals surface area contributed by atoms with E-state index < -0.39 is 6.10 Å². The number of hydrogen-bond donors (Lipinski definition) is 2. The molecule has 1 saturated heterocycles. The van der Waals surface area contributed by atoms with Gasteiger partial charge in [-0.1, -0.05) is 11.6 Å². The minimum atomic E-state index is -0.412. The summed E-state index contributed by atoms with van der Waals surface area (Å²) in [6.45, 7) is 0.964. The fourth-order valence-electron chi connectivity index (χ4n) is 2.08. The van der Waals surface area contributed by atoms with Crippen molar-refractivity contribution in [2.75, 3.05) is 37.4 Å². The van der Waals surface area contributed by atoms with E-state index in [0.29, 0.717) is 30.2 Å². The first kappa shape index (κ1) is 14.0. The van der Waals surface area contributed by atoms with Crippen LogP contribution in [0.25, 0.3) is 0 Å². The number of amides is 2. The largest absolute Gasteiger partial charge is 0.391 e. The van der Waals surface area contributed by atoms with Crippen LogP contribution >= 0.6 is 11.6 Å². The number of aliphatic hydroxyl groups excluding tert-OH is 1. The number of aliphatic hydroxyl groups is 1. The van der Waals surface area contributed by atoms with E-state index >= 15 is 0 Å². The Labute approximate surface area is 117 Å². The number of likely N-dealkylation sites (tertiary alicyclic amines) is 1. The van der Waals surface area contributed by atoms with Crippen LogP contribution in [0, 0.1) is 0 Å².